The number of hydrogen-bond donors (Lipinski definition) is 0. The van der Waals surface area contributed by atoms with Gasteiger partial charge in [0, 0.05) is 5.75 Å². The van der Waals surface area contributed by atoms with Crippen molar-refractivity contribution < 1.29 is 9.53 Å². The van der Waals surface area contributed by atoms with Crippen molar-refractivity contribution in [2.24, 2.45) is 0 Å². The minimum Gasteiger partial charge on any atom is -0.485 e. The van der Waals surface area contributed by atoms with Gasteiger partial charge in [-0.2, -0.15) is 11.8 Å². The SMILES string of the molecule is O=C1CC2(CCCSC2)Oc2ccccc21. The molecule has 0 N–H and O–H groups in total. The smallest absolute Gasteiger partial charge is 0.170 e. The molecule has 1 unspecified atom stereocenters. The molecule has 2 aliphatic rings. The van der Waals surface area contributed by atoms with Crippen LogP contribution in [0.2, 0.25) is 0 Å². The second-order valence-electron chi connectivity index (χ2n) is 4.54. The van der Waals surface area contributed by atoms with Gasteiger partial charge in [-0.25, -0.2) is 0 Å². The highest BCUT2D eigenvalue weighted by atomic mass is 32.2. The molecule has 1 aromatic rings. The van der Waals surface area contributed by atoms with E-state index in [0.717, 1.165) is 29.9 Å². The highest BCUT2D eigenvalue weighted by Crippen LogP contribution is 2.40. The Morgan fingerprint density at radius 2 is 2.19 bits per heavy atom. The first kappa shape index (κ1) is 10.2. The van der Waals surface area contributed by atoms with Crippen LogP contribution in [0.3, 0.4) is 0 Å². The zero-order chi connectivity index (χ0) is 11.0. The molecule has 0 amide bonds. The van der Waals surface area contributed by atoms with E-state index in [1.165, 1.54) is 5.75 Å². The van der Waals surface area contributed by atoms with Gasteiger partial charge in [-0.15, -0.1) is 0 Å². The second kappa shape index (κ2) is 3.81. The second-order valence-corrected chi connectivity index (χ2v) is 5.64. The molecule has 0 aromatic heterocycles. The molecular formula is C13H14O2S. The molecule has 0 bridgehead atoms. The molecule has 0 saturated carbocycles. The van der Waals surface area contributed by atoms with Crippen molar-refractivity contribution >= 4 is 17.5 Å². The van der Waals surface area contributed by atoms with Crippen molar-refractivity contribution in [1.82, 2.24) is 0 Å². The fraction of sp³-hybridized carbons (Fsp3) is 0.462. The summed E-state index contributed by atoms with van der Waals surface area (Å²) in [6.45, 7) is 0. The topological polar surface area (TPSA) is 26.3 Å². The van der Waals surface area contributed by atoms with E-state index in [4.69, 9.17) is 4.74 Å². The summed E-state index contributed by atoms with van der Waals surface area (Å²) in [5, 5.41) is 0. The third-order valence-corrected chi connectivity index (χ3v) is 4.59. The molecule has 1 fully saturated rings. The summed E-state index contributed by atoms with van der Waals surface area (Å²) in [4.78, 5) is 12.1. The van der Waals surface area contributed by atoms with Crippen LogP contribution in [0.1, 0.15) is 29.6 Å². The van der Waals surface area contributed by atoms with E-state index in [-0.39, 0.29) is 11.4 Å². The Balaban J connectivity index is 1.96. The summed E-state index contributed by atoms with van der Waals surface area (Å²) in [6.07, 6.45) is 2.72. The van der Waals surface area contributed by atoms with Gasteiger partial charge in [0.2, 0.25) is 0 Å². The average Bonchev–Trinajstić information content (AvgIpc) is 2.30. The number of thioether (sulfide) groups is 1. The van der Waals surface area contributed by atoms with Crippen molar-refractivity contribution in [1.29, 1.82) is 0 Å². The zero-order valence-corrected chi connectivity index (χ0v) is 9.89. The Morgan fingerprint density at radius 1 is 1.31 bits per heavy atom. The van der Waals surface area contributed by atoms with E-state index >= 15 is 0 Å². The lowest BCUT2D eigenvalue weighted by Gasteiger charge is -2.40. The van der Waals surface area contributed by atoms with Crippen LogP contribution in [0.4, 0.5) is 0 Å². The fourth-order valence-corrected chi connectivity index (χ4v) is 3.66. The minimum atomic E-state index is -0.214. The van der Waals surface area contributed by atoms with Crippen molar-refractivity contribution in [3.05, 3.63) is 29.8 Å². The van der Waals surface area contributed by atoms with Gasteiger partial charge in [0.15, 0.2) is 5.78 Å². The Bertz CT molecular complexity index is 422. The number of benzene rings is 1. The third-order valence-electron chi connectivity index (χ3n) is 3.28. The van der Waals surface area contributed by atoms with Gasteiger partial charge < -0.3 is 4.74 Å². The lowest BCUT2D eigenvalue weighted by Crippen LogP contribution is -2.46. The molecule has 2 aliphatic heterocycles. The Hall–Kier alpha value is -0.960. The van der Waals surface area contributed by atoms with Crippen LogP contribution in [-0.2, 0) is 0 Å². The van der Waals surface area contributed by atoms with E-state index in [1.807, 2.05) is 36.0 Å². The number of rotatable bonds is 0. The van der Waals surface area contributed by atoms with Crippen LogP contribution in [0.5, 0.6) is 5.75 Å². The van der Waals surface area contributed by atoms with Gasteiger partial charge >= 0.3 is 0 Å². The van der Waals surface area contributed by atoms with E-state index in [0.29, 0.717) is 6.42 Å². The lowest BCUT2D eigenvalue weighted by molar-refractivity contribution is 0.0480. The first-order chi connectivity index (χ1) is 7.79. The van der Waals surface area contributed by atoms with Crippen LogP contribution in [0.15, 0.2) is 24.3 Å². The van der Waals surface area contributed by atoms with E-state index < -0.39 is 0 Å². The molecular weight excluding hydrogens is 220 g/mol. The molecule has 16 heavy (non-hydrogen) atoms. The summed E-state index contributed by atoms with van der Waals surface area (Å²) < 4.78 is 6.09. The highest BCUT2D eigenvalue weighted by Gasteiger charge is 2.41. The largest absolute Gasteiger partial charge is 0.485 e. The van der Waals surface area contributed by atoms with Gasteiger partial charge in [-0.1, -0.05) is 12.1 Å². The van der Waals surface area contributed by atoms with Crippen LogP contribution < -0.4 is 4.74 Å². The maximum atomic E-state index is 12.1. The summed E-state index contributed by atoms with van der Waals surface area (Å²) in [6, 6.07) is 7.60. The third kappa shape index (κ3) is 1.63. The first-order valence-electron chi connectivity index (χ1n) is 5.68. The number of fused-ring (bicyclic) bond motifs is 1. The van der Waals surface area contributed by atoms with Gasteiger partial charge in [0.25, 0.3) is 0 Å². The Morgan fingerprint density at radius 3 is 3.00 bits per heavy atom. The molecule has 1 aromatic carbocycles. The van der Waals surface area contributed by atoms with Gasteiger partial charge in [0.05, 0.1) is 12.0 Å². The molecule has 1 saturated heterocycles. The number of para-hydroxylation sites is 1. The highest BCUT2D eigenvalue weighted by molar-refractivity contribution is 7.99. The first-order valence-corrected chi connectivity index (χ1v) is 6.84. The molecule has 1 atom stereocenters. The molecule has 84 valence electrons. The number of carbonyl (C=O) groups excluding carboxylic acids is 1. The quantitative estimate of drug-likeness (QED) is 0.690. The molecule has 2 nitrogen and oxygen atoms in total. The maximum absolute atomic E-state index is 12.1. The van der Waals surface area contributed by atoms with Crippen molar-refractivity contribution in [3.63, 3.8) is 0 Å². The Kier molecular flexibility index (Phi) is 2.43. The number of ether oxygens (including phenoxy) is 1. The fourth-order valence-electron chi connectivity index (χ4n) is 2.49. The van der Waals surface area contributed by atoms with Gasteiger partial charge in [-0.3, -0.25) is 4.79 Å². The van der Waals surface area contributed by atoms with Crippen LogP contribution in [-0.4, -0.2) is 22.9 Å². The van der Waals surface area contributed by atoms with Crippen LogP contribution >= 0.6 is 11.8 Å². The van der Waals surface area contributed by atoms with Crippen LogP contribution in [0, 0.1) is 0 Å². The minimum absolute atomic E-state index is 0.214. The number of carbonyl (C=O) groups is 1. The predicted molar refractivity (Wildman–Crippen MR) is 65.3 cm³/mol. The summed E-state index contributed by atoms with van der Waals surface area (Å²) in [5.74, 6) is 3.17. The number of hydrogen-bond acceptors (Lipinski definition) is 3. The molecule has 3 rings (SSSR count). The van der Waals surface area contributed by atoms with E-state index in [9.17, 15) is 4.79 Å². The average molecular weight is 234 g/mol. The van der Waals surface area contributed by atoms with Gasteiger partial charge in [-0.05, 0) is 30.7 Å². The molecule has 1 spiro atoms. The molecule has 2 heterocycles. The zero-order valence-electron chi connectivity index (χ0n) is 9.07. The number of Topliss-reactive ketones (excluding diaryl/α,β-unsaturated/α-hetero) is 1. The van der Waals surface area contributed by atoms with E-state index in [2.05, 4.69) is 0 Å². The van der Waals surface area contributed by atoms with Crippen LogP contribution in [0.25, 0.3) is 0 Å². The lowest BCUT2D eigenvalue weighted by atomic mass is 9.87. The molecule has 0 radical (unpaired) electrons. The number of ketones is 1. The Labute approximate surface area is 99.4 Å². The summed E-state index contributed by atoms with van der Waals surface area (Å²) in [5.41, 5.74) is 0.539. The maximum Gasteiger partial charge on any atom is 0.170 e. The normalized spacial score (nSPS) is 28.6. The van der Waals surface area contributed by atoms with Crippen molar-refractivity contribution in [2.75, 3.05) is 11.5 Å². The summed E-state index contributed by atoms with van der Waals surface area (Å²) in [7, 11) is 0. The van der Waals surface area contributed by atoms with E-state index in [1.54, 1.807) is 0 Å². The standard InChI is InChI=1S/C13H14O2S/c14-11-8-13(6-3-7-16-9-13)15-12-5-2-1-4-10(11)12/h1-2,4-5H,3,6-9H2. The van der Waals surface area contributed by atoms with Gasteiger partial charge in [0.1, 0.15) is 11.4 Å². The monoisotopic (exact) mass is 234 g/mol. The predicted octanol–water partition coefficient (Wildman–Crippen LogP) is 2.92. The van der Waals surface area contributed by atoms with Crippen molar-refractivity contribution in [2.45, 2.75) is 24.9 Å². The summed E-state index contributed by atoms with van der Waals surface area (Å²) >= 11 is 1.90. The van der Waals surface area contributed by atoms with Crippen molar-refractivity contribution in [3.8, 4) is 5.75 Å². The molecule has 3 heteroatoms. The molecule has 0 aliphatic carbocycles.